The third kappa shape index (κ3) is 4.19. The maximum Gasteiger partial charge on any atom is 0.265 e. The molecule has 0 aliphatic carbocycles. The van der Waals surface area contributed by atoms with Gasteiger partial charge in [0.2, 0.25) is 10.0 Å². The van der Waals surface area contributed by atoms with Crippen LogP contribution < -0.4 is 4.72 Å². The zero-order chi connectivity index (χ0) is 21.4. The minimum Gasteiger partial charge on any atom is -0.280 e. The lowest BCUT2D eigenvalue weighted by molar-refractivity contribution is 0.204. The number of aryl methyl sites for hydroxylation is 1. The molecular weight excluding hydrogens is 412 g/mol. The summed E-state index contributed by atoms with van der Waals surface area (Å²) >= 11 is 0. The van der Waals surface area contributed by atoms with Crippen molar-refractivity contribution < 1.29 is 16.8 Å². The molecule has 3 rings (SSSR count). The molecule has 0 unspecified atom stereocenters. The van der Waals surface area contributed by atoms with Crippen molar-refractivity contribution in [2.45, 2.75) is 75.4 Å². The molecule has 1 N–H and O–H groups in total. The SMILES string of the molecule is CCn1ncc(S(=O)(=O)Nc2ccc(S(=O)(=O)N3[C@@H](C)CCC[C@@H]3C)cc2)c1C. The van der Waals surface area contributed by atoms with Crippen molar-refractivity contribution >= 4 is 25.7 Å². The summed E-state index contributed by atoms with van der Waals surface area (Å²) in [4.78, 5) is 0.267. The summed E-state index contributed by atoms with van der Waals surface area (Å²) in [7, 11) is -7.45. The van der Waals surface area contributed by atoms with Crippen molar-refractivity contribution in [1.29, 1.82) is 0 Å². The lowest BCUT2D eigenvalue weighted by Crippen LogP contribution is -2.47. The van der Waals surface area contributed by atoms with Gasteiger partial charge < -0.3 is 0 Å². The van der Waals surface area contributed by atoms with Gasteiger partial charge in [-0.2, -0.15) is 9.40 Å². The second-order valence-electron chi connectivity index (χ2n) is 7.50. The lowest BCUT2D eigenvalue weighted by Gasteiger charge is -2.37. The Morgan fingerprint density at radius 2 is 1.66 bits per heavy atom. The van der Waals surface area contributed by atoms with Crippen LogP contribution in [0.25, 0.3) is 0 Å². The maximum atomic E-state index is 13.1. The van der Waals surface area contributed by atoms with E-state index < -0.39 is 20.0 Å². The summed E-state index contributed by atoms with van der Waals surface area (Å²) < 4.78 is 57.2. The molecule has 0 radical (unpaired) electrons. The molecule has 1 aliphatic rings. The van der Waals surface area contributed by atoms with E-state index in [1.165, 1.54) is 30.5 Å². The Hall–Kier alpha value is -1.91. The number of sulfonamides is 2. The van der Waals surface area contributed by atoms with Crippen LogP contribution in [0.3, 0.4) is 0 Å². The zero-order valence-electron chi connectivity index (χ0n) is 17.2. The van der Waals surface area contributed by atoms with Gasteiger partial charge in [-0.3, -0.25) is 9.40 Å². The van der Waals surface area contributed by atoms with E-state index in [1.54, 1.807) is 15.9 Å². The minimum absolute atomic E-state index is 0.0555. The van der Waals surface area contributed by atoms with Crippen LogP contribution in [-0.2, 0) is 26.6 Å². The topological polar surface area (TPSA) is 101 Å². The maximum absolute atomic E-state index is 13.1. The third-order valence-electron chi connectivity index (χ3n) is 5.44. The number of piperidine rings is 1. The number of aromatic nitrogens is 2. The zero-order valence-corrected chi connectivity index (χ0v) is 18.8. The van der Waals surface area contributed by atoms with Crippen molar-refractivity contribution in [1.82, 2.24) is 14.1 Å². The van der Waals surface area contributed by atoms with Gasteiger partial charge >= 0.3 is 0 Å². The molecule has 29 heavy (non-hydrogen) atoms. The van der Waals surface area contributed by atoms with E-state index in [4.69, 9.17) is 0 Å². The van der Waals surface area contributed by atoms with Crippen molar-refractivity contribution in [3.63, 3.8) is 0 Å². The Bertz CT molecular complexity index is 1070. The van der Waals surface area contributed by atoms with Gasteiger partial charge in [0.25, 0.3) is 10.0 Å². The fraction of sp³-hybridized carbons (Fsp3) is 0.526. The van der Waals surface area contributed by atoms with Crippen LogP contribution in [0.4, 0.5) is 5.69 Å². The molecule has 0 spiro atoms. The largest absolute Gasteiger partial charge is 0.280 e. The molecule has 1 saturated heterocycles. The van der Waals surface area contributed by atoms with E-state index in [1.807, 2.05) is 20.8 Å². The fourth-order valence-corrected chi connectivity index (χ4v) is 7.03. The van der Waals surface area contributed by atoms with E-state index in [-0.39, 0.29) is 21.9 Å². The summed E-state index contributed by atoms with van der Waals surface area (Å²) in [6, 6.07) is 5.74. The first kappa shape index (κ1) is 21.8. The number of nitrogens with zero attached hydrogens (tertiary/aromatic N) is 3. The van der Waals surface area contributed by atoms with Crippen LogP contribution in [-0.4, -0.2) is 43.0 Å². The monoisotopic (exact) mass is 440 g/mol. The van der Waals surface area contributed by atoms with Gasteiger partial charge in [0.05, 0.1) is 16.8 Å². The predicted molar refractivity (Wildman–Crippen MR) is 112 cm³/mol. The molecule has 1 aliphatic heterocycles. The molecule has 1 aromatic carbocycles. The number of benzene rings is 1. The average Bonchev–Trinajstić information content (AvgIpc) is 3.03. The smallest absolute Gasteiger partial charge is 0.265 e. The summed E-state index contributed by atoms with van der Waals surface area (Å²) in [5.41, 5.74) is 0.847. The van der Waals surface area contributed by atoms with E-state index in [0.29, 0.717) is 17.9 Å². The molecule has 1 aromatic heterocycles. The Kier molecular flexibility index (Phi) is 6.07. The van der Waals surface area contributed by atoms with Gasteiger partial charge in [0.1, 0.15) is 4.90 Å². The highest BCUT2D eigenvalue weighted by atomic mass is 32.2. The molecule has 2 atom stereocenters. The quantitative estimate of drug-likeness (QED) is 0.744. The summed E-state index contributed by atoms with van der Waals surface area (Å²) in [6.07, 6.45) is 4.01. The average molecular weight is 441 g/mol. The number of nitrogens with one attached hydrogen (secondary N) is 1. The van der Waals surface area contributed by atoms with E-state index in [9.17, 15) is 16.8 Å². The molecule has 8 nitrogen and oxygen atoms in total. The van der Waals surface area contributed by atoms with Gasteiger partial charge in [0.15, 0.2) is 0 Å². The van der Waals surface area contributed by atoms with E-state index in [2.05, 4.69) is 9.82 Å². The second kappa shape index (κ2) is 8.08. The molecule has 0 amide bonds. The Balaban J connectivity index is 1.84. The number of rotatable bonds is 6. The van der Waals surface area contributed by atoms with Crippen molar-refractivity contribution in [2.75, 3.05) is 4.72 Å². The van der Waals surface area contributed by atoms with E-state index >= 15 is 0 Å². The second-order valence-corrected chi connectivity index (χ2v) is 11.0. The molecule has 1 fully saturated rings. The molecule has 0 saturated carbocycles. The lowest BCUT2D eigenvalue weighted by atomic mass is 10.0. The van der Waals surface area contributed by atoms with Gasteiger partial charge in [0, 0.05) is 24.3 Å². The van der Waals surface area contributed by atoms with Crippen molar-refractivity contribution in [2.24, 2.45) is 0 Å². The predicted octanol–water partition coefficient (Wildman–Crippen LogP) is 2.96. The van der Waals surface area contributed by atoms with Gasteiger partial charge in [-0.25, -0.2) is 16.8 Å². The standard InChI is InChI=1S/C19H28N4O4S2/c1-5-22-16(4)19(13-20-22)28(24,25)21-17-9-11-18(12-10-17)29(26,27)23-14(2)7-6-8-15(23)3/h9-15,21H,5-8H2,1-4H3/t14-,15-/m0/s1. The van der Waals surface area contributed by atoms with E-state index in [0.717, 1.165) is 19.3 Å². The van der Waals surface area contributed by atoms with Crippen LogP contribution in [0.5, 0.6) is 0 Å². The highest BCUT2D eigenvalue weighted by Crippen LogP contribution is 2.30. The number of hydrogen-bond donors (Lipinski definition) is 1. The molecule has 2 aromatic rings. The van der Waals surface area contributed by atoms with Crippen LogP contribution in [0.2, 0.25) is 0 Å². The number of anilines is 1. The minimum atomic E-state index is -3.81. The Morgan fingerprint density at radius 1 is 1.07 bits per heavy atom. The van der Waals surface area contributed by atoms with Gasteiger partial charge in [-0.15, -0.1) is 0 Å². The van der Waals surface area contributed by atoms with Crippen LogP contribution in [0.1, 0.15) is 45.7 Å². The van der Waals surface area contributed by atoms with Crippen LogP contribution in [0, 0.1) is 6.92 Å². The number of hydrogen-bond acceptors (Lipinski definition) is 5. The summed E-state index contributed by atoms with van der Waals surface area (Å²) in [5, 5.41) is 4.07. The van der Waals surface area contributed by atoms with Crippen LogP contribution >= 0.6 is 0 Å². The molecule has 0 bridgehead atoms. The Labute approximate surface area is 173 Å². The normalized spacial score (nSPS) is 21.2. The van der Waals surface area contributed by atoms with Crippen molar-refractivity contribution in [3.8, 4) is 0 Å². The molecular formula is C19H28N4O4S2. The first-order valence-electron chi connectivity index (χ1n) is 9.76. The Morgan fingerprint density at radius 3 is 2.17 bits per heavy atom. The highest BCUT2D eigenvalue weighted by molar-refractivity contribution is 7.92. The summed E-state index contributed by atoms with van der Waals surface area (Å²) in [6.45, 7) is 8.00. The van der Waals surface area contributed by atoms with Crippen molar-refractivity contribution in [3.05, 3.63) is 36.2 Å². The first-order chi connectivity index (χ1) is 13.6. The molecule has 160 valence electrons. The molecule has 10 heteroatoms. The third-order valence-corrected chi connectivity index (χ3v) is 9.07. The van der Waals surface area contributed by atoms with Crippen LogP contribution in [0.15, 0.2) is 40.3 Å². The van der Waals surface area contributed by atoms with Gasteiger partial charge in [-0.1, -0.05) is 6.42 Å². The highest BCUT2D eigenvalue weighted by Gasteiger charge is 2.35. The first-order valence-corrected chi connectivity index (χ1v) is 12.7. The van der Waals surface area contributed by atoms with Gasteiger partial charge in [-0.05, 0) is 64.8 Å². The fourth-order valence-electron chi connectivity index (χ4n) is 3.91. The molecule has 2 heterocycles. The summed E-state index contributed by atoms with van der Waals surface area (Å²) in [5.74, 6) is 0.